The molecule has 0 radical (unpaired) electrons. The van der Waals surface area contributed by atoms with Crippen molar-refractivity contribution in [1.29, 1.82) is 0 Å². The number of nitrogens with zero attached hydrogens (tertiary/aromatic N) is 1. The first-order valence-corrected chi connectivity index (χ1v) is 7.94. The second kappa shape index (κ2) is 6.77. The molecule has 4 nitrogen and oxygen atoms in total. The van der Waals surface area contributed by atoms with Crippen LogP contribution in [0.3, 0.4) is 0 Å². The second-order valence-corrected chi connectivity index (χ2v) is 6.97. The van der Waals surface area contributed by atoms with Gasteiger partial charge in [0, 0.05) is 19.1 Å². The maximum atomic E-state index is 13.6. The van der Waals surface area contributed by atoms with E-state index >= 15 is 0 Å². The first kappa shape index (κ1) is 17.9. The van der Waals surface area contributed by atoms with E-state index in [1.807, 2.05) is 0 Å². The lowest BCUT2D eigenvalue weighted by Gasteiger charge is -2.23. The van der Waals surface area contributed by atoms with Crippen LogP contribution >= 0.6 is 35.6 Å². The lowest BCUT2D eigenvalue weighted by atomic mass is 10.2. The van der Waals surface area contributed by atoms with Gasteiger partial charge in [0.1, 0.15) is 4.90 Å². The van der Waals surface area contributed by atoms with Crippen LogP contribution in [0.5, 0.6) is 0 Å². The molecule has 20 heavy (non-hydrogen) atoms. The Bertz CT molecular complexity index is 598. The molecule has 1 fully saturated rings. The molecule has 1 aromatic carbocycles. The van der Waals surface area contributed by atoms with Crippen molar-refractivity contribution < 1.29 is 12.8 Å². The Morgan fingerprint density at radius 1 is 1.40 bits per heavy atom. The minimum Gasteiger partial charge on any atom is -0.329 e. The van der Waals surface area contributed by atoms with E-state index in [4.69, 9.17) is 28.9 Å². The molecule has 1 heterocycles. The molecule has 0 aliphatic carbocycles. The highest BCUT2D eigenvalue weighted by atomic mass is 35.5. The number of rotatable bonds is 3. The van der Waals surface area contributed by atoms with Gasteiger partial charge >= 0.3 is 0 Å². The van der Waals surface area contributed by atoms with Crippen LogP contribution in [0, 0.1) is 5.82 Å². The van der Waals surface area contributed by atoms with E-state index in [9.17, 15) is 12.8 Å². The molecular weight excluding hydrogens is 350 g/mol. The number of hydrogen-bond donors (Lipinski definition) is 1. The fourth-order valence-electron chi connectivity index (χ4n) is 2.19. The van der Waals surface area contributed by atoms with Crippen molar-refractivity contribution >= 4 is 45.6 Å². The van der Waals surface area contributed by atoms with E-state index in [1.54, 1.807) is 0 Å². The zero-order valence-electron chi connectivity index (χ0n) is 10.4. The minimum absolute atomic E-state index is 0. The Morgan fingerprint density at radius 2 is 2.05 bits per heavy atom. The van der Waals surface area contributed by atoms with Gasteiger partial charge in [-0.1, -0.05) is 23.2 Å². The van der Waals surface area contributed by atoms with Gasteiger partial charge in [0.05, 0.1) is 10.0 Å². The zero-order chi connectivity index (χ0) is 14.2. The average Bonchev–Trinajstić information content (AvgIpc) is 2.84. The summed E-state index contributed by atoms with van der Waals surface area (Å²) in [5.74, 6) is -0.923. The van der Waals surface area contributed by atoms with Gasteiger partial charge in [0.2, 0.25) is 10.0 Å². The molecule has 0 saturated carbocycles. The van der Waals surface area contributed by atoms with Crippen LogP contribution in [0.1, 0.15) is 12.8 Å². The van der Waals surface area contributed by atoms with E-state index in [2.05, 4.69) is 0 Å². The highest BCUT2D eigenvalue weighted by molar-refractivity contribution is 7.89. The van der Waals surface area contributed by atoms with Crippen molar-refractivity contribution in [2.24, 2.45) is 5.73 Å². The van der Waals surface area contributed by atoms with Crippen molar-refractivity contribution in [2.45, 2.75) is 23.8 Å². The topological polar surface area (TPSA) is 63.4 Å². The first-order valence-electron chi connectivity index (χ1n) is 5.75. The van der Waals surface area contributed by atoms with Gasteiger partial charge in [-0.25, -0.2) is 12.8 Å². The zero-order valence-corrected chi connectivity index (χ0v) is 13.5. The summed E-state index contributed by atoms with van der Waals surface area (Å²) in [5, 5.41) is -0.684. The normalized spacial score (nSPS) is 19.9. The summed E-state index contributed by atoms with van der Waals surface area (Å²) in [4.78, 5) is -0.267. The number of sulfonamides is 1. The fourth-order valence-corrected chi connectivity index (χ4v) is 4.62. The third-order valence-electron chi connectivity index (χ3n) is 3.18. The Balaban J connectivity index is 0.00000200. The van der Waals surface area contributed by atoms with Gasteiger partial charge in [-0.15, -0.1) is 12.4 Å². The van der Waals surface area contributed by atoms with Crippen molar-refractivity contribution in [3.05, 3.63) is 28.0 Å². The maximum absolute atomic E-state index is 13.6. The molecular formula is C11H14Cl3FN2O2S. The van der Waals surface area contributed by atoms with Crippen LogP contribution in [0.2, 0.25) is 10.0 Å². The molecule has 0 amide bonds. The molecule has 1 atom stereocenters. The fraction of sp³-hybridized carbons (Fsp3) is 0.455. The third-order valence-corrected chi connectivity index (χ3v) is 5.95. The minimum atomic E-state index is -3.85. The first-order chi connectivity index (χ1) is 8.89. The van der Waals surface area contributed by atoms with Crippen LogP contribution in [-0.2, 0) is 10.0 Å². The largest absolute Gasteiger partial charge is 0.329 e. The molecule has 0 aromatic heterocycles. The molecule has 0 spiro atoms. The molecule has 1 aliphatic rings. The molecule has 9 heteroatoms. The van der Waals surface area contributed by atoms with E-state index < -0.39 is 20.9 Å². The third kappa shape index (κ3) is 3.05. The Morgan fingerprint density at radius 3 is 2.65 bits per heavy atom. The Hall–Kier alpha value is -0.110. The monoisotopic (exact) mass is 362 g/mol. The second-order valence-electron chi connectivity index (χ2n) is 4.32. The van der Waals surface area contributed by atoms with Crippen LogP contribution < -0.4 is 5.73 Å². The lowest BCUT2D eigenvalue weighted by molar-refractivity contribution is 0.393. The Kier molecular flexibility index (Phi) is 6.07. The highest BCUT2D eigenvalue weighted by Crippen LogP contribution is 2.33. The molecule has 114 valence electrons. The quantitative estimate of drug-likeness (QED) is 0.840. The molecule has 1 aromatic rings. The van der Waals surface area contributed by atoms with E-state index in [0.717, 1.165) is 6.42 Å². The van der Waals surface area contributed by atoms with Gasteiger partial charge in [-0.2, -0.15) is 4.31 Å². The SMILES string of the molecule is Cl.NCC1CCCN1S(=O)(=O)c1ccc(Cl)c(F)c1Cl. The number of halogens is 4. The predicted octanol–water partition coefficient (Wildman–Crippen LogP) is 2.67. The van der Waals surface area contributed by atoms with Crippen LogP contribution in [0.25, 0.3) is 0 Å². The molecule has 1 aliphatic heterocycles. The summed E-state index contributed by atoms with van der Waals surface area (Å²) in [6, 6.07) is 2.14. The van der Waals surface area contributed by atoms with Gasteiger partial charge in [-0.05, 0) is 25.0 Å². The summed E-state index contributed by atoms with van der Waals surface area (Å²) in [6.45, 7) is 0.595. The van der Waals surface area contributed by atoms with Gasteiger partial charge < -0.3 is 5.73 Å². The molecule has 2 rings (SSSR count). The van der Waals surface area contributed by atoms with Crippen LogP contribution in [0.15, 0.2) is 17.0 Å². The standard InChI is InChI=1S/C11H13Cl2FN2O2S.ClH/c12-8-3-4-9(10(13)11(8)14)19(17,18)16-5-1-2-7(16)6-15;/h3-4,7H,1-2,5-6,15H2;1H. The maximum Gasteiger partial charge on any atom is 0.244 e. The summed E-state index contributed by atoms with van der Waals surface area (Å²) in [5.41, 5.74) is 5.56. The van der Waals surface area contributed by atoms with Crippen molar-refractivity contribution in [2.75, 3.05) is 13.1 Å². The summed E-state index contributed by atoms with van der Waals surface area (Å²) < 4.78 is 39.8. The smallest absolute Gasteiger partial charge is 0.244 e. The van der Waals surface area contributed by atoms with Gasteiger partial charge in [0.15, 0.2) is 5.82 Å². The van der Waals surface area contributed by atoms with Gasteiger partial charge in [0.25, 0.3) is 0 Å². The van der Waals surface area contributed by atoms with Crippen LogP contribution in [-0.4, -0.2) is 31.9 Å². The number of hydrogen-bond acceptors (Lipinski definition) is 3. The average molecular weight is 364 g/mol. The number of nitrogens with two attached hydrogens (primary N) is 1. The lowest BCUT2D eigenvalue weighted by Crippen LogP contribution is -2.40. The molecule has 2 N–H and O–H groups in total. The molecule has 1 saturated heterocycles. The molecule has 1 unspecified atom stereocenters. The van der Waals surface area contributed by atoms with E-state index in [1.165, 1.54) is 16.4 Å². The summed E-state index contributed by atoms with van der Waals surface area (Å²) in [6.07, 6.45) is 1.43. The number of benzene rings is 1. The van der Waals surface area contributed by atoms with E-state index in [0.29, 0.717) is 13.0 Å². The molecule has 0 bridgehead atoms. The summed E-state index contributed by atoms with van der Waals surface area (Å²) in [7, 11) is -3.85. The van der Waals surface area contributed by atoms with Gasteiger partial charge in [-0.3, -0.25) is 0 Å². The van der Waals surface area contributed by atoms with E-state index in [-0.39, 0.29) is 34.9 Å². The van der Waals surface area contributed by atoms with Crippen LogP contribution in [0.4, 0.5) is 4.39 Å². The Labute approximate surface area is 133 Å². The summed E-state index contributed by atoms with van der Waals surface area (Å²) >= 11 is 11.3. The van der Waals surface area contributed by atoms with Crippen molar-refractivity contribution in [3.8, 4) is 0 Å². The predicted molar refractivity (Wildman–Crippen MR) is 79.6 cm³/mol. The van der Waals surface area contributed by atoms with Crippen molar-refractivity contribution in [3.63, 3.8) is 0 Å². The van der Waals surface area contributed by atoms with Crippen molar-refractivity contribution in [1.82, 2.24) is 4.31 Å². The highest BCUT2D eigenvalue weighted by Gasteiger charge is 2.36.